The van der Waals surface area contributed by atoms with Gasteiger partial charge in [-0.25, -0.2) is 9.29 Å². The van der Waals surface area contributed by atoms with Crippen LogP contribution in [0.25, 0.3) is 5.57 Å². The molecule has 3 aromatic carbocycles. The van der Waals surface area contributed by atoms with Gasteiger partial charge in [-0.1, -0.05) is 48.0 Å². The second-order valence-electron chi connectivity index (χ2n) is 6.48. The number of benzene rings is 3. The Morgan fingerprint density at radius 2 is 1.57 bits per heavy atom. The van der Waals surface area contributed by atoms with Gasteiger partial charge >= 0.3 is 0 Å². The van der Waals surface area contributed by atoms with Crippen LogP contribution in [0.4, 0.5) is 15.8 Å². The number of rotatable bonds is 5. The Bertz CT molecular complexity index is 1180. The zero-order valence-corrected chi connectivity index (χ0v) is 16.6. The lowest BCUT2D eigenvalue weighted by molar-refractivity contribution is -0.120. The van der Waals surface area contributed by atoms with Gasteiger partial charge in [0.05, 0.1) is 29.1 Å². The van der Waals surface area contributed by atoms with E-state index in [0.29, 0.717) is 17.0 Å². The Hall–Kier alpha value is -3.64. The summed E-state index contributed by atoms with van der Waals surface area (Å²) in [4.78, 5) is 27.7. The third-order valence-electron chi connectivity index (χ3n) is 4.68. The van der Waals surface area contributed by atoms with Crippen LogP contribution in [0, 0.1) is 5.82 Å². The molecule has 0 radical (unpaired) electrons. The van der Waals surface area contributed by atoms with Crippen LogP contribution in [0.1, 0.15) is 5.56 Å². The summed E-state index contributed by atoms with van der Waals surface area (Å²) in [5, 5.41) is 3.29. The highest BCUT2D eigenvalue weighted by Crippen LogP contribution is 2.37. The smallest absolute Gasteiger partial charge is 0.282 e. The van der Waals surface area contributed by atoms with Gasteiger partial charge in [-0.05, 0) is 42.0 Å². The summed E-state index contributed by atoms with van der Waals surface area (Å²) in [6.07, 6.45) is 0. The molecule has 0 fully saturated rings. The largest absolute Gasteiger partial charge is 0.495 e. The maximum Gasteiger partial charge on any atom is 0.282 e. The van der Waals surface area contributed by atoms with Gasteiger partial charge in [-0.2, -0.15) is 0 Å². The van der Waals surface area contributed by atoms with E-state index in [2.05, 4.69) is 5.32 Å². The zero-order valence-electron chi connectivity index (χ0n) is 15.9. The number of halogens is 2. The molecular weight excluding hydrogens is 407 g/mol. The highest BCUT2D eigenvalue weighted by Gasteiger charge is 2.41. The first kappa shape index (κ1) is 19.7. The normalized spacial score (nSPS) is 13.8. The van der Waals surface area contributed by atoms with Gasteiger partial charge in [0.15, 0.2) is 0 Å². The molecule has 1 aliphatic rings. The molecule has 1 aliphatic heterocycles. The Kier molecular flexibility index (Phi) is 5.25. The molecule has 0 aromatic heterocycles. The number of amides is 2. The Morgan fingerprint density at radius 3 is 2.27 bits per heavy atom. The second-order valence-corrected chi connectivity index (χ2v) is 6.89. The van der Waals surface area contributed by atoms with E-state index >= 15 is 0 Å². The number of methoxy groups -OCH3 is 1. The molecule has 0 saturated heterocycles. The molecule has 0 aliphatic carbocycles. The third-order valence-corrected chi connectivity index (χ3v) is 5.00. The molecule has 150 valence electrons. The SMILES string of the molecule is COc1ccccc1NC1=C(c2ccc(F)cc2)C(=O)N(c2ccccc2Cl)C1=O. The highest BCUT2D eigenvalue weighted by atomic mass is 35.5. The molecule has 0 saturated carbocycles. The summed E-state index contributed by atoms with van der Waals surface area (Å²) in [6.45, 7) is 0. The molecule has 0 atom stereocenters. The molecular formula is C23H16ClFN2O3. The Labute approximate surface area is 177 Å². The van der Waals surface area contributed by atoms with Crippen LogP contribution < -0.4 is 15.0 Å². The number of hydrogen-bond acceptors (Lipinski definition) is 4. The number of para-hydroxylation sites is 3. The van der Waals surface area contributed by atoms with E-state index in [1.165, 1.54) is 31.4 Å². The fourth-order valence-corrected chi connectivity index (χ4v) is 3.48. The summed E-state index contributed by atoms with van der Waals surface area (Å²) >= 11 is 6.25. The minimum Gasteiger partial charge on any atom is -0.495 e. The average Bonchev–Trinajstić information content (AvgIpc) is 2.99. The van der Waals surface area contributed by atoms with Gasteiger partial charge < -0.3 is 10.1 Å². The fourth-order valence-electron chi connectivity index (χ4n) is 3.26. The van der Waals surface area contributed by atoms with Crippen molar-refractivity contribution in [2.45, 2.75) is 0 Å². The lowest BCUT2D eigenvalue weighted by atomic mass is 10.0. The number of carbonyl (C=O) groups is 2. The van der Waals surface area contributed by atoms with Crippen LogP contribution in [0.2, 0.25) is 5.02 Å². The van der Waals surface area contributed by atoms with Crippen molar-refractivity contribution >= 4 is 40.4 Å². The zero-order chi connectivity index (χ0) is 21.3. The van der Waals surface area contributed by atoms with Crippen LogP contribution in [-0.2, 0) is 9.59 Å². The highest BCUT2D eigenvalue weighted by molar-refractivity contribution is 6.48. The maximum absolute atomic E-state index is 13.5. The number of nitrogens with one attached hydrogen (secondary N) is 1. The average molecular weight is 423 g/mol. The number of ether oxygens (including phenoxy) is 1. The van der Waals surface area contributed by atoms with Crippen LogP contribution in [0.5, 0.6) is 5.75 Å². The first-order chi connectivity index (χ1) is 14.5. The predicted octanol–water partition coefficient (Wildman–Crippen LogP) is 4.88. The van der Waals surface area contributed by atoms with Crippen molar-refractivity contribution in [3.05, 3.63) is 94.9 Å². The summed E-state index contributed by atoms with van der Waals surface area (Å²) in [5.41, 5.74) is 1.35. The second kappa shape index (κ2) is 8.00. The number of imide groups is 1. The minimum atomic E-state index is -0.571. The van der Waals surface area contributed by atoms with E-state index in [1.54, 1.807) is 48.5 Å². The Morgan fingerprint density at radius 1 is 0.900 bits per heavy atom. The van der Waals surface area contributed by atoms with Gasteiger partial charge in [0, 0.05) is 0 Å². The van der Waals surface area contributed by atoms with E-state index in [1.807, 2.05) is 0 Å². The number of anilines is 2. The standard InChI is InChI=1S/C23H16ClFN2O3/c1-30-19-9-5-3-7-17(19)26-21-20(14-10-12-15(25)13-11-14)22(28)27(23(21)29)18-8-4-2-6-16(18)24/h2-13,26H,1H3. The summed E-state index contributed by atoms with van der Waals surface area (Å²) in [6, 6.07) is 19.0. The molecule has 5 nitrogen and oxygen atoms in total. The van der Waals surface area contributed by atoms with Crippen molar-refractivity contribution in [2.75, 3.05) is 17.3 Å². The minimum absolute atomic E-state index is 0.0519. The fraction of sp³-hybridized carbons (Fsp3) is 0.0435. The summed E-state index contributed by atoms with van der Waals surface area (Å²) in [7, 11) is 1.51. The van der Waals surface area contributed by atoms with Crippen LogP contribution in [0.3, 0.4) is 0 Å². The first-order valence-corrected chi connectivity index (χ1v) is 9.42. The topological polar surface area (TPSA) is 58.6 Å². The van der Waals surface area contributed by atoms with E-state index in [4.69, 9.17) is 16.3 Å². The number of carbonyl (C=O) groups excluding carboxylic acids is 2. The van der Waals surface area contributed by atoms with Gasteiger partial charge in [0.2, 0.25) is 0 Å². The van der Waals surface area contributed by atoms with Crippen LogP contribution >= 0.6 is 11.6 Å². The van der Waals surface area contributed by atoms with Crippen molar-refractivity contribution in [1.29, 1.82) is 0 Å². The van der Waals surface area contributed by atoms with Crippen molar-refractivity contribution in [3.8, 4) is 5.75 Å². The van der Waals surface area contributed by atoms with Gasteiger partial charge in [0.25, 0.3) is 11.8 Å². The van der Waals surface area contributed by atoms with Gasteiger partial charge in [-0.15, -0.1) is 0 Å². The molecule has 0 unspecified atom stereocenters. The summed E-state index contributed by atoms with van der Waals surface area (Å²) < 4.78 is 18.8. The lowest BCUT2D eigenvalue weighted by Crippen LogP contribution is -2.32. The monoisotopic (exact) mass is 422 g/mol. The summed E-state index contributed by atoms with van der Waals surface area (Å²) in [5.74, 6) is -1.08. The molecule has 0 spiro atoms. The molecule has 7 heteroatoms. The van der Waals surface area contributed by atoms with E-state index < -0.39 is 17.6 Å². The molecule has 2 amide bonds. The maximum atomic E-state index is 13.5. The van der Waals surface area contributed by atoms with Crippen molar-refractivity contribution in [3.63, 3.8) is 0 Å². The molecule has 0 bridgehead atoms. The third kappa shape index (κ3) is 3.42. The predicted molar refractivity (Wildman–Crippen MR) is 114 cm³/mol. The molecule has 30 heavy (non-hydrogen) atoms. The van der Waals surface area contributed by atoms with Crippen LogP contribution in [0.15, 0.2) is 78.5 Å². The molecule has 1 N–H and O–H groups in total. The van der Waals surface area contributed by atoms with Crippen molar-refractivity contribution < 1.29 is 18.7 Å². The van der Waals surface area contributed by atoms with Crippen LogP contribution in [-0.4, -0.2) is 18.9 Å². The van der Waals surface area contributed by atoms with Gasteiger partial charge in [0.1, 0.15) is 17.3 Å². The molecule has 4 rings (SSSR count). The van der Waals surface area contributed by atoms with Gasteiger partial charge in [-0.3, -0.25) is 9.59 Å². The Balaban J connectivity index is 1.86. The van der Waals surface area contributed by atoms with E-state index in [0.717, 1.165) is 4.90 Å². The van der Waals surface area contributed by atoms with Crippen molar-refractivity contribution in [2.24, 2.45) is 0 Å². The lowest BCUT2D eigenvalue weighted by Gasteiger charge is -2.17. The molecule has 3 aromatic rings. The quantitative estimate of drug-likeness (QED) is 0.595. The molecule has 1 heterocycles. The number of hydrogen-bond donors (Lipinski definition) is 1. The van der Waals surface area contributed by atoms with E-state index in [9.17, 15) is 14.0 Å². The van der Waals surface area contributed by atoms with E-state index in [-0.39, 0.29) is 22.0 Å². The number of nitrogens with zero attached hydrogens (tertiary/aromatic N) is 1. The first-order valence-electron chi connectivity index (χ1n) is 9.05. The van der Waals surface area contributed by atoms with Crippen molar-refractivity contribution in [1.82, 2.24) is 0 Å².